The van der Waals surface area contributed by atoms with Crippen molar-refractivity contribution in [2.45, 2.75) is 18.8 Å². The molecule has 1 saturated carbocycles. The molecule has 0 unspecified atom stereocenters. The van der Waals surface area contributed by atoms with E-state index in [-0.39, 0.29) is 5.91 Å². The number of halogens is 1. The Labute approximate surface area is 171 Å². The van der Waals surface area contributed by atoms with E-state index in [4.69, 9.17) is 16.0 Å². The molecule has 1 aliphatic carbocycles. The molecule has 0 aromatic carbocycles. The first-order chi connectivity index (χ1) is 13.7. The van der Waals surface area contributed by atoms with Crippen LogP contribution in [0.5, 0.6) is 0 Å². The molecule has 1 amide bonds. The van der Waals surface area contributed by atoms with E-state index in [0.717, 1.165) is 30.1 Å². The molecule has 0 N–H and O–H groups in total. The van der Waals surface area contributed by atoms with Gasteiger partial charge in [-0.2, -0.15) is 0 Å². The Bertz CT molecular complexity index is 1010. The highest BCUT2D eigenvalue weighted by Gasteiger charge is 2.31. The zero-order valence-electron chi connectivity index (χ0n) is 15.0. The van der Waals surface area contributed by atoms with Crippen LogP contribution in [0.4, 0.5) is 5.82 Å². The number of thiophene rings is 1. The fourth-order valence-electron chi connectivity index (χ4n) is 3.36. The van der Waals surface area contributed by atoms with Gasteiger partial charge in [-0.1, -0.05) is 11.6 Å². The van der Waals surface area contributed by atoms with Crippen molar-refractivity contribution in [1.29, 1.82) is 0 Å². The van der Waals surface area contributed by atoms with Gasteiger partial charge in [0.15, 0.2) is 0 Å². The summed E-state index contributed by atoms with van der Waals surface area (Å²) in [7, 11) is 0. The maximum atomic E-state index is 12.6. The third-order valence-electron chi connectivity index (χ3n) is 5.03. The topological polar surface area (TPSA) is 75.4 Å². The molecule has 5 rings (SSSR count). The number of piperazine rings is 1. The van der Waals surface area contributed by atoms with Crippen molar-refractivity contribution < 1.29 is 9.21 Å². The zero-order valence-corrected chi connectivity index (χ0v) is 16.6. The average molecular weight is 416 g/mol. The van der Waals surface area contributed by atoms with E-state index in [1.807, 2.05) is 17.0 Å². The van der Waals surface area contributed by atoms with Crippen LogP contribution < -0.4 is 4.90 Å². The van der Waals surface area contributed by atoms with Crippen LogP contribution >= 0.6 is 22.9 Å². The first kappa shape index (κ1) is 17.6. The quantitative estimate of drug-likeness (QED) is 0.647. The molecule has 1 aliphatic heterocycles. The molecule has 2 aliphatic rings. The van der Waals surface area contributed by atoms with Gasteiger partial charge in [-0.05, 0) is 37.1 Å². The summed E-state index contributed by atoms with van der Waals surface area (Å²) in [6.07, 6.45) is 4.00. The highest BCUT2D eigenvalue weighted by atomic mass is 35.5. The van der Waals surface area contributed by atoms with E-state index in [1.165, 1.54) is 11.3 Å². The first-order valence-electron chi connectivity index (χ1n) is 9.27. The summed E-state index contributed by atoms with van der Waals surface area (Å²) in [6, 6.07) is 7.37. The Morgan fingerprint density at radius 1 is 1.14 bits per heavy atom. The van der Waals surface area contributed by atoms with E-state index in [9.17, 15) is 4.79 Å². The molecule has 4 heterocycles. The second-order valence-electron chi connectivity index (χ2n) is 6.98. The summed E-state index contributed by atoms with van der Waals surface area (Å²) in [5.74, 6) is 2.50. The highest BCUT2D eigenvalue weighted by Crippen LogP contribution is 2.40. The van der Waals surface area contributed by atoms with Crippen LogP contribution in [0, 0.1) is 0 Å². The van der Waals surface area contributed by atoms with Crippen molar-refractivity contribution in [3.05, 3.63) is 45.6 Å². The number of carbonyl (C=O) groups excluding carboxylic acids is 1. The molecular weight excluding hydrogens is 398 g/mol. The number of hydrogen-bond acceptors (Lipinski definition) is 7. The largest absolute Gasteiger partial charge is 0.420 e. The maximum absolute atomic E-state index is 12.6. The third-order valence-corrected chi connectivity index (χ3v) is 6.25. The van der Waals surface area contributed by atoms with Crippen LogP contribution in [-0.2, 0) is 0 Å². The summed E-state index contributed by atoms with van der Waals surface area (Å²) >= 11 is 7.28. The van der Waals surface area contributed by atoms with Crippen LogP contribution in [0.25, 0.3) is 11.5 Å². The number of hydrogen-bond donors (Lipinski definition) is 0. The Balaban J connectivity index is 1.32. The maximum Gasteiger partial charge on any atom is 0.264 e. The van der Waals surface area contributed by atoms with Gasteiger partial charge in [-0.3, -0.25) is 4.79 Å². The van der Waals surface area contributed by atoms with Crippen molar-refractivity contribution in [1.82, 2.24) is 20.1 Å². The Hall–Kier alpha value is -2.45. The second kappa shape index (κ2) is 7.18. The van der Waals surface area contributed by atoms with Crippen molar-refractivity contribution >= 4 is 34.7 Å². The molecule has 0 spiro atoms. The number of rotatable bonds is 4. The van der Waals surface area contributed by atoms with Crippen LogP contribution in [0.3, 0.4) is 0 Å². The summed E-state index contributed by atoms with van der Waals surface area (Å²) < 4.78 is 6.51. The minimum absolute atomic E-state index is 0.0313. The molecule has 0 radical (unpaired) electrons. The van der Waals surface area contributed by atoms with E-state index >= 15 is 0 Å². The Morgan fingerprint density at radius 3 is 2.68 bits per heavy atom. The highest BCUT2D eigenvalue weighted by molar-refractivity contribution is 7.17. The minimum atomic E-state index is 0.0313. The van der Waals surface area contributed by atoms with Crippen LogP contribution in [-0.4, -0.2) is 52.2 Å². The Kier molecular flexibility index (Phi) is 4.52. The summed E-state index contributed by atoms with van der Waals surface area (Å²) in [5.41, 5.74) is 0.840. The van der Waals surface area contributed by atoms with Crippen LogP contribution in [0.2, 0.25) is 4.34 Å². The number of anilines is 1. The van der Waals surface area contributed by atoms with Gasteiger partial charge >= 0.3 is 0 Å². The number of pyridine rings is 1. The average Bonchev–Trinajstić information content (AvgIpc) is 3.30. The van der Waals surface area contributed by atoms with Gasteiger partial charge in [0.1, 0.15) is 5.82 Å². The predicted octanol–water partition coefficient (Wildman–Crippen LogP) is 3.69. The molecule has 2 fully saturated rings. The van der Waals surface area contributed by atoms with E-state index in [0.29, 0.717) is 47.2 Å². The normalized spacial score (nSPS) is 17.2. The van der Waals surface area contributed by atoms with Crippen molar-refractivity contribution in [3.63, 3.8) is 0 Å². The summed E-state index contributed by atoms with van der Waals surface area (Å²) in [4.78, 5) is 21.9. The van der Waals surface area contributed by atoms with Crippen molar-refractivity contribution in [2.24, 2.45) is 0 Å². The molecule has 28 heavy (non-hydrogen) atoms. The smallest absolute Gasteiger partial charge is 0.264 e. The lowest BCUT2D eigenvalue weighted by molar-refractivity contribution is 0.0751. The van der Waals surface area contributed by atoms with Gasteiger partial charge in [-0.25, -0.2) is 4.98 Å². The van der Waals surface area contributed by atoms with Crippen LogP contribution in [0.1, 0.15) is 34.3 Å². The first-order valence-corrected chi connectivity index (χ1v) is 10.5. The molecule has 0 bridgehead atoms. The number of amides is 1. The van der Waals surface area contributed by atoms with E-state index in [2.05, 4.69) is 20.1 Å². The van der Waals surface area contributed by atoms with Gasteiger partial charge in [-0.15, -0.1) is 21.5 Å². The van der Waals surface area contributed by atoms with Crippen molar-refractivity contribution in [2.75, 3.05) is 31.1 Å². The second-order valence-corrected chi connectivity index (χ2v) is 8.69. The minimum Gasteiger partial charge on any atom is -0.420 e. The predicted molar refractivity (Wildman–Crippen MR) is 107 cm³/mol. The molecule has 3 aromatic heterocycles. The Morgan fingerprint density at radius 2 is 1.96 bits per heavy atom. The lowest BCUT2D eigenvalue weighted by Gasteiger charge is -2.35. The standard InChI is InChI=1S/C19H18ClN5O2S/c20-15-6-5-14(28-15)19(26)25-10-8-24(9-11-25)16-13(2-1-7-21-16)18-23-22-17(27-18)12-3-4-12/h1-2,5-7,12H,3-4,8-11H2. The third kappa shape index (κ3) is 3.38. The van der Waals surface area contributed by atoms with Gasteiger partial charge in [0.2, 0.25) is 5.89 Å². The van der Waals surface area contributed by atoms with Crippen molar-refractivity contribution in [3.8, 4) is 11.5 Å². The number of aromatic nitrogens is 3. The van der Waals surface area contributed by atoms with Gasteiger partial charge in [0, 0.05) is 38.3 Å². The summed E-state index contributed by atoms with van der Waals surface area (Å²) in [5, 5.41) is 8.42. The molecular formula is C19H18ClN5O2S. The lowest BCUT2D eigenvalue weighted by atomic mass is 10.2. The van der Waals surface area contributed by atoms with Crippen LogP contribution in [0.15, 0.2) is 34.9 Å². The molecule has 9 heteroatoms. The SMILES string of the molecule is O=C(c1ccc(Cl)s1)N1CCN(c2ncccc2-c2nnc(C3CC3)o2)CC1. The lowest BCUT2D eigenvalue weighted by Crippen LogP contribution is -2.49. The molecule has 7 nitrogen and oxygen atoms in total. The number of nitrogens with zero attached hydrogens (tertiary/aromatic N) is 5. The summed E-state index contributed by atoms with van der Waals surface area (Å²) in [6.45, 7) is 2.64. The van der Waals surface area contributed by atoms with Gasteiger partial charge in [0.05, 0.1) is 14.8 Å². The fourth-order valence-corrected chi connectivity index (χ4v) is 4.37. The van der Waals surface area contributed by atoms with Gasteiger partial charge < -0.3 is 14.2 Å². The van der Waals surface area contributed by atoms with Gasteiger partial charge in [0.25, 0.3) is 11.8 Å². The zero-order chi connectivity index (χ0) is 19.1. The van der Waals surface area contributed by atoms with E-state index in [1.54, 1.807) is 18.3 Å². The molecule has 0 atom stereocenters. The monoisotopic (exact) mass is 415 g/mol. The fraction of sp³-hybridized carbons (Fsp3) is 0.368. The molecule has 1 saturated heterocycles. The van der Waals surface area contributed by atoms with E-state index < -0.39 is 0 Å². The number of carbonyl (C=O) groups is 1. The molecule has 3 aromatic rings. The molecule has 144 valence electrons.